The molecule has 0 heterocycles. The van der Waals surface area contributed by atoms with Crippen LogP contribution in [0.5, 0.6) is 0 Å². The fourth-order valence-electron chi connectivity index (χ4n) is 1.72. The van der Waals surface area contributed by atoms with Crippen LogP contribution in [0.25, 0.3) is 0 Å². The Kier molecular flexibility index (Phi) is 13.8. The van der Waals surface area contributed by atoms with Crippen LogP contribution in [-0.4, -0.2) is 44.1 Å². The van der Waals surface area contributed by atoms with Crippen molar-refractivity contribution in [2.24, 2.45) is 4.99 Å². The summed E-state index contributed by atoms with van der Waals surface area (Å²) in [6.45, 7) is 10.1. The van der Waals surface area contributed by atoms with Gasteiger partial charge in [-0.2, -0.15) is 0 Å². The molecule has 0 aliphatic rings. The van der Waals surface area contributed by atoms with Crippen molar-refractivity contribution in [3.8, 4) is 0 Å². The SMILES string of the molecule is CCNC(=NCC(C)Sc1ccccc1)NCCOCC.I. The van der Waals surface area contributed by atoms with Crippen LogP contribution in [-0.2, 0) is 4.74 Å². The van der Waals surface area contributed by atoms with Gasteiger partial charge in [0.05, 0.1) is 13.2 Å². The molecule has 0 saturated carbocycles. The molecule has 1 aromatic carbocycles. The van der Waals surface area contributed by atoms with Gasteiger partial charge in [0, 0.05) is 29.8 Å². The van der Waals surface area contributed by atoms with Gasteiger partial charge in [-0.1, -0.05) is 25.1 Å². The lowest BCUT2D eigenvalue weighted by molar-refractivity contribution is 0.152. The summed E-state index contributed by atoms with van der Waals surface area (Å²) in [4.78, 5) is 5.91. The molecular formula is C16H28IN3OS. The van der Waals surface area contributed by atoms with Gasteiger partial charge in [-0.15, -0.1) is 35.7 Å². The van der Waals surface area contributed by atoms with Gasteiger partial charge in [-0.3, -0.25) is 4.99 Å². The Balaban J connectivity index is 0.00000441. The summed E-state index contributed by atoms with van der Waals surface area (Å²) in [6.07, 6.45) is 0. The minimum Gasteiger partial charge on any atom is -0.380 e. The molecule has 0 aliphatic carbocycles. The predicted octanol–water partition coefficient (Wildman–Crippen LogP) is 3.38. The lowest BCUT2D eigenvalue weighted by Gasteiger charge is -2.13. The molecule has 6 heteroatoms. The van der Waals surface area contributed by atoms with Crippen molar-refractivity contribution in [3.63, 3.8) is 0 Å². The molecule has 0 aliphatic heterocycles. The number of rotatable bonds is 9. The molecule has 126 valence electrons. The van der Waals surface area contributed by atoms with Gasteiger partial charge in [-0.05, 0) is 26.0 Å². The number of hydrogen-bond acceptors (Lipinski definition) is 3. The number of halogens is 1. The fraction of sp³-hybridized carbons (Fsp3) is 0.562. The highest BCUT2D eigenvalue weighted by molar-refractivity contribution is 14.0. The number of nitrogens with one attached hydrogen (secondary N) is 2. The average molecular weight is 437 g/mol. The molecule has 0 amide bonds. The molecule has 1 aromatic rings. The van der Waals surface area contributed by atoms with Crippen LogP contribution in [0, 0.1) is 0 Å². The number of ether oxygens (including phenoxy) is 1. The highest BCUT2D eigenvalue weighted by Crippen LogP contribution is 2.22. The maximum absolute atomic E-state index is 5.32. The lowest BCUT2D eigenvalue weighted by Crippen LogP contribution is -2.39. The number of nitrogens with zero attached hydrogens (tertiary/aromatic N) is 1. The van der Waals surface area contributed by atoms with Crippen molar-refractivity contribution in [1.29, 1.82) is 0 Å². The minimum absolute atomic E-state index is 0. The maximum atomic E-state index is 5.32. The molecule has 4 nitrogen and oxygen atoms in total. The van der Waals surface area contributed by atoms with Crippen molar-refractivity contribution >= 4 is 41.7 Å². The zero-order chi connectivity index (χ0) is 15.3. The highest BCUT2D eigenvalue weighted by Gasteiger charge is 2.04. The first-order valence-electron chi connectivity index (χ1n) is 7.57. The number of aliphatic imine (C=N–C) groups is 1. The topological polar surface area (TPSA) is 45.7 Å². The molecule has 0 fully saturated rings. The van der Waals surface area contributed by atoms with Gasteiger partial charge in [0.15, 0.2) is 5.96 Å². The van der Waals surface area contributed by atoms with Crippen LogP contribution >= 0.6 is 35.7 Å². The first-order chi connectivity index (χ1) is 10.3. The summed E-state index contributed by atoms with van der Waals surface area (Å²) < 4.78 is 5.32. The molecule has 0 aromatic heterocycles. The van der Waals surface area contributed by atoms with Crippen molar-refractivity contribution < 1.29 is 4.74 Å². The van der Waals surface area contributed by atoms with Crippen molar-refractivity contribution in [2.75, 3.05) is 32.8 Å². The molecule has 1 rings (SSSR count). The quantitative estimate of drug-likeness (QED) is 0.205. The lowest BCUT2D eigenvalue weighted by atomic mass is 10.4. The molecule has 2 N–H and O–H groups in total. The summed E-state index contributed by atoms with van der Waals surface area (Å²) in [5.74, 6) is 0.859. The number of guanidine groups is 1. The largest absolute Gasteiger partial charge is 0.380 e. The molecule has 1 unspecified atom stereocenters. The van der Waals surface area contributed by atoms with E-state index < -0.39 is 0 Å². The Bertz CT molecular complexity index is 404. The van der Waals surface area contributed by atoms with E-state index in [0.717, 1.165) is 32.2 Å². The van der Waals surface area contributed by atoms with Gasteiger partial charge in [0.1, 0.15) is 0 Å². The van der Waals surface area contributed by atoms with Crippen LogP contribution in [0.4, 0.5) is 0 Å². The molecule has 22 heavy (non-hydrogen) atoms. The second-order valence-electron chi connectivity index (χ2n) is 4.58. The summed E-state index contributed by atoms with van der Waals surface area (Å²) in [5.41, 5.74) is 0. The number of thioether (sulfide) groups is 1. The van der Waals surface area contributed by atoms with Crippen LogP contribution in [0.1, 0.15) is 20.8 Å². The maximum Gasteiger partial charge on any atom is 0.191 e. The normalized spacial score (nSPS) is 12.4. The van der Waals surface area contributed by atoms with Crippen LogP contribution in [0.2, 0.25) is 0 Å². The van der Waals surface area contributed by atoms with E-state index in [1.54, 1.807) is 0 Å². The van der Waals surface area contributed by atoms with Crippen molar-refractivity contribution in [2.45, 2.75) is 30.9 Å². The Morgan fingerprint density at radius 3 is 2.59 bits per heavy atom. The van der Waals surface area contributed by atoms with E-state index in [2.05, 4.69) is 53.7 Å². The van der Waals surface area contributed by atoms with E-state index in [-0.39, 0.29) is 24.0 Å². The van der Waals surface area contributed by atoms with Crippen molar-refractivity contribution in [3.05, 3.63) is 30.3 Å². The Hall–Kier alpha value is -0.470. The first-order valence-corrected chi connectivity index (χ1v) is 8.45. The van der Waals surface area contributed by atoms with Crippen LogP contribution < -0.4 is 10.6 Å². The molecule has 0 bridgehead atoms. The number of benzene rings is 1. The molecular weight excluding hydrogens is 409 g/mol. The second-order valence-corrected chi connectivity index (χ2v) is 6.10. The van der Waals surface area contributed by atoms with E-state index in [4.69, 9.17) is 4.74 Å². The van der Waals surface area contributed by atoms with E-state index >= 15 is 0 Å². The minimum atomic E-state index is 0. The second kappa shape index (κ2) is 14.1. The van der Waals surface area contributed by atoms with E-state index in [9.17, 15) is 0 Å². The summed E-state index contributed by atoms with van der Waals surface area (Å²) in [5, 5.41) is 6.97. The van der Waals surface area contributed by atoms with Crippen LogP contribution in [0.15, 0.2) is 40.2 Å². The molecule has 1 atom stereocenters. The van der Waals surface area contributed by atoms with Gasteiger partial charge < -0.3 is 15.4 Å². The van der Waals surface area contributed by atoms with E-state index in [1.165, 1.54) is 4.90 Å². The van der Waals surface area contributed by atoms with Crippen molar-refractivity contribution in [1.82, 2.24) is 10.6 Å². The zero-order valence-corrected chi connectivity index (χ0v) is 16.8. The van der Waals surface area contributed by atoms with Gasteiger partial charge in [0.2, 0.25) is 0 Å². The zero-order valence-electron chi connectivity index (χ0n) is 13.7. The first kappa shape index (κ1) is 21.5. The Labute approximate surface area is 155 Å². The Morgan fingerprint density at radius 1 is 1.23 bits per heavy atom. The standard InChI is InChI=1S/C16H27N3OS.HI/c1-4-17-16(18-11-12-20-5-2)19-13-14(3)21-15-9-7-6-8-10-15;/h6-10,14H,4-5,11-13H2,1-3H3,(H2,17,18,19);1H. The van der Waals surface area contributed by atoms with E-state index in [0.29, 0.717) is 11.9 Å². The summed E-state index contributed by atoms with van der Waals surface area (Å²) >= 11 is 1.85. The summed E-state index contributed by atoms with van der Waals surface area (Å²) in [7, 11) is 0. The highest BCUT2D eigenvalue weighted by atomic mass is 127. The van der Waals surface area contributed by atoms with E-state index in [1.807, 2.05) is 24.8 Å². The molecule has 0 spiro atoms. The smallest absolute Gasteiger partial charge is 0.191 e. The molecule has 0 radical (unpaired) electrons. The van der Waals surface area contributed by atoms with Crippen LogP contribution in [0.3, 0.4) is 0 Å². The fourth-order valence-corrected chi connectivity index (χ4v) is 2.64. The summed E-state index contributed by atoms with van der Waals surface area (Å²) in [6, 6.07) is 10.4. The van der Waals surface area contributed by atoms with Gasteiger partial charge in [-0.25, -0.2) is 0 Å². The molecule has 0 saturated heterocycles. The third kappa shape index (κ3) is 10.3. The Morgan fingerprint density at radius 2 is 1.95 bits per heavy atom. The number of hydrogen-bond donors (Lipinski definition) is 2. The monoisotopic (exact) mass is 437 g/mol. The predicted molar refractivity (Wildman–Crippen MR) is 108 cm³/mol. The third-order valence-corrected chi connectivity index (χ3v) is 3.77. The average Bonchev–Trinajstić information content (AvgIpc) is 2.50. The third-order valence-electron chi connectivity index (χ3n) is 2.67. The van der Waals surface area contributed by atoms with Gasteiger partial charge >= 0.3 is 0 Å². The van der Waals surface area contributed by atoms with Gasteiger partial charge in [0.25, 0.3) is 0 Å².